The van der Waals surface area contributed by atoms with Crippen LogP contribution in [0.3, 0.4) is 0 Å². The Balaban J connectivity index is 2.02. The highest BCUT2D eigenvalue weighted by atomic mass is 16.2. The van der Waals surface area contributed by atoms with Gasteiger partial charge in [0.15, 0.2) is 0 Å². The van der Waals surface area contributed by atoms with Gasteiger partial charge < -0.3 is 4.90 Å². The van der Waals surface area contributed by atoms with Crippen molar-refractivity contribution in [1.29, 1.82) is 0 Å². The van der Waals surface area contributed by atoms with Crippen LogP contribution in [-0.4, -0.2) is 29.3 Å². The minimum absolute atomic E-state index is 0.0386. The van der Waals surface area contributed by atoms with Gasteiger partial charge in [-0.1, -0.05) is 24.8 Å². The lowest BCUT2D eigenvalue weighted by Gasteiger charge is -2.37. The van der Waals surface area contributed by atoms with Crippen molar-refractivity contribution in [2.75, 3.05) is 11.4 Å². The molecule has 2 saturated heterocycles. The highest BCUT2D eigenvalue weighted by Gasteiger charge is 2.44. The van der Waals surface area contributed by atoms with Crippen LogP contribution in [0, 0.1) is 0 Å². The van der Waals surface area contributed by atoms with Crippen LogP contribution in [0.15, 0.2) is 42.6 Å². The predicted molar refractivity (Wildman–Crippen MR) is 67.8 cm³/mol. The van der Waals surface area contributed by atoms with E-state index in [-0.39, 0.29) is 23.6 Å². The van der Waals surface area contributed by atoms with Crippen LogP contribution in [-0.2, 0) is 9.59 Å². The molecule has 2 amide bonds. The number of amides is 2. The summed E-state index contributed by atoms with van der Waals surface area (Å²) in [5.41, 5.74) is 0.969. The smallest absolute Gasteiger partial charge is 0.270 e. The number of hydrogen-bond donors (Lipinski definition) is 0. The zero-order valence-corrected chi connectivity index (χ0v) is 10.0. The Morgan fingerprint density at radius 3 is 2.61 bits per heavy atom. The number of rotatable bonds is 1. The lowest BCUT2D eigenvalue weighted by Crippen LogP contribution is -2.55. The molecule has 2 heterocycles. The van der Waals surface area contributed by atoms with Crippen LogP contribution in [0.2, 0.25) is 0 Å². The SMILES string of the molecule is C=C1C(=O)N2CCC[C@@H]2C(=O)N1c1ccccc1. The minimum Gasteiger partial charge on any atom is -0.325 e. The first kappa shape index (κ1) is 11.0. The van der Waals surface area contributed by atoms with Crippen molar-refractivity contribution in [2.45, 2.75) is 18.9 Å². The molecule has 4 nitrogen and oxygen atoms in total. The van der Waals surface area contributed by atoms with Gasteiger partial charge in [0.1, 0.15) is 11.7 Å². The van der Waals surface area contributed by atoms with Gasteiger partial charge in [0.25, 0.3) is 11.8 Å². The summed E-state index contributed by atoms with van der Waals surface area (Å²) in [5, 5.41) is 0. The van der Waals surface area contributed by atoms with E-state index in [4.69, 9.17) is 0 Å². The number of anilines is 1. The number of para-hydroxylation sites is 1. The molecule has 0 spiro atoms. The van der Waals surface area contributed by atoms with E-state index >= 15 is 0 Å². The van der Waals surface area contributed by atoms with Crippen LogP contribution in [0.25, 0.3) is 0 Å². The Bertz CT molecular complexity index is 524. The molecule has 0 unspecified atom stereocenters. The van der Waals surface area contributed by atoms with Crippen molar-refractivity contribution in [3.63, 3.8) is 0 Å². The maximum Gasteiger partial charge on any atom is 0.270 e. The zero-order valence-electron chi connectivity index (χ0n) is 10.0. The number of piperazine rings is 1. The summed E-state index contributed by atoms with van der Waals surface area (Å²) >= 11 is 0. The molecule has 2 aliphatic rings. The Labute approximate surface area is 105 Å². The Kier molecular flexibility index (Phi) is 2.44. The molecule has 3 rings (SSSR count). The molecule has 0 aromatic heterocycles. The molecule has 18 heavy (non-hydrogen) atoms. The first-order valence-corrected chi connectivity index (χ1v) is 6.09. The van der Waals surface area contributed by atoms with E-state index in [1.54, 1.807) is 4.90 Å². The summed E-state index contributed by atoms with van der Waals surface area (Å²) in [4.78, 5) is 27.7. The van der Waals surface area contributed by atoms with Crippen LogP contribution in [0.4, 0.5) is 5.69 Å². The van der Waals surface area contributed by atoms with Gasteiger partial charge in [0.05, 0.1) is 0 Å². The Morgan fingerprint density at radius 1 is 1.17 bits per heavy atom. The molecule has 0 radical (unpaired) electrons. The van der Waals surface area contributed by atoms with Gasteiger partial charge in [0, 0.05) is 12.2 Å². The fourth-order valence-electron chi connectivity index (χ4n) is 2.67. The molecule has 0 bridgehead atoms. The first-order valence-electron chi connectivity index (χ1n) is 6.09. The molecule has 1 aromatic rings. The molecule has 2 fully saturated rings. The van der Waals surface area contributed by atoms with Gasteiger partial charge in [-0.15, -0.1) is 0 Å². The maximum absolute atomic E-state index is 12.4. The van der Waals surface area contributed by atoms with Crippen molar-refractivity contribution in [3.05, 3.63) is 42.6 Å². The van der Waals surface area contributed by atoms with Gasteiger partial charge in [-0.05, 0) is 25.0 Å². The Morgan fingerprint density at radius 2 is 1.89 bits per heavy atom. The second-order valence-electron chi connectivity index (χ2n) is 4.61. The second-order valence-corrected chi connectivity index (χ2v) is 4.61. The van der Waals surface area contributed by atoms with Crippen molar-refractivity contribution in [2.24, 2.45) is 0 Å². The topological polar surface area (TPSA) is 40.6 Å². The average Bonchev–Trinajstić information content (AvgIpc) is 2.87. The van der Waals surface area contributed by atoms with E-state index in [0.717, 1.165) is 12.8 Å². The molecular formula is C14H14N2O2. The third-order valence-electron chi connectivity index (χ3n) is 3.55. The molecule has 0 N–H and O–H groups in total. The molecule has 1 aromatic carbocycles. The normalized spacial score (nSPS) is 23.6. The third-order valence-corrected chi connectivity index (χ3v) is 3.55. The summed E-state index contributed by atoms with van der Waals surface area (Å²) in [6, 6.07) is 8.91. The molecule has 92 valence electrons. The lowest BCUT2D eigenvalue weighted by molar-refractivity contribution is -0.138. The predicted octanol–water partition coefficient (Wildman–Crippen LogP) is 1.54. The molecular weight excluding hydrogens is 228 g/mol. The van der Waals surface area contributed by atoms with Crippen molar-refractivity contribution < 1.29 is 9.59 Å². The summed E-state index contributed by atoms with van der Waals surface area (Å²) in [6.45, 7) is 4.44. The molecule has 0 aliphatic carbocycles. The first-order chi connectivity index (χ1) is 8.70. The monoisotopic (exact) mass is 242 g/mol. The van der Waals surface area contributed by atoms with Crippen LogP contribution in [0.5, 0.6) is 0 Å². The van der Waals surface area contributed by atoms with E-state index in [9.17, 15) is 9.59 Å². The van der Waals surface area contributed by atoms with Crippen molar-refractivity contribution in [3.8, 4) is 0 Å². The fraction of sp³-hybridized carbons (Fsp3) is 0.286. The number of fused-ring (bicyclic) bond motifs is 1. The van der Waals surface area contributed by atoms with E-state index in [1.165, 1.54) is 4.90 Å². The van der Waals surface area contributed by atoms with E-state index in [2.05, 4.69) is 6.58 Å². The molecule has 0 saturated carbocycles. The summed E-state index contributed by atoms with van der Waals surface area (Å²) in [6.07, 6.45) is 1.64. The number of benzene rings is 1. The van der Waals surface area contributed by atoms with Crippen LogP contribution in [0.1, 0.15) is 12.8 Å². The largest absolute Gasteiger partial charge is 0.325 e. The van der Waals surface area contributed by atoms with Gasteiger partial charge in [-0.25, -0.2) is 0 Å². The van der Waals surface area contributed by atoms with E-state index in [1.807, 2.05) is 30.3 Å². The molecule has 1 atom stereocenters. The van der Waals surface area contributed by atoms with Crippen LogP contribution < -0.4 is 4.90 Å². The van der Waals surface area contributed by atoms with Gasteiger partial charge in [0.2, 0.25) is 0 Å². The number of carbonyl (C=O) groups is 2. The lowest BCUT2D eigenvalue weighted by atomic mass is 10.1. The highest BCUT2D eigenvalue weighted by Crippen LogP contribution is 2.31. The summed E-state index contributed by atoms with van der Waals surface area (Å²) in [7, 11) is 0. The molecule has 4 heteroatoms. The van der Waals surface area contributed by atoms with Crippen molar-refractivity contribution >= 4 is 17.5 Å². The van der Waals surface area contributed by atoms with E-state index < -0.39 is 0 Å². The number of hydrogen-bond acceptors (Lipinski definition) is 2. The van der Waals surface area contributed by atoms with Gasteiger partial charge in [-0.2, -0.15) is 0 Å². The van der Waals surface area contributed by atoms with Gasteiger partial charge in [-0.3, -0.25) is 14.5 Å². The zero-order chi connectivity index (χ0) is 12.7. The minimum atomic E-state index is -0.303. The van der Waals surface area contributed by atoms with E-state index in [0.29, 0.717) is 12.2 Å². The number of carbonyl (C=O) groups excluding carboxylic acids is 2. The number of nitrogens with zero attached hydrogens (tertiary/aromatic N) is 2. The fourth-order valence-corrected chi connectivity index (χ4v) is 2.67. The van der Waals surface area contributed by atoms with Crippen LogP contribution >= 0.6 is 0 Å². The quantitative estimate of drug-likeness (QED) is 0.701. The third kappa shape index (κ3) is 1.45. The van der Waals surface area contributed by atoms with Crippen molar-refractivity contribution in [1.82, 2.24) is 4.90 Å². The average molecular weight is 242 g/mol. The summed E-state index contributed by atoms with van der Waals surface area (Å²) in [5.74, 6) is -0.163. The standard InChI is InChI=1S/C14H14N2O2/c1-10-13(17)15-9-5-8-12(15)14(18)16(10)11-6-3-2-4-7-11/h2-4,6-7,12H,1,5,8-9H2/t12-/m1/s1. The second kappa shape index (κ2) is 3.98. The van der Waals surface area contributed by atoms with Gasteiger partial charge >= 0.3 is 0 Å². The maximum atomic E-state index is 12.4. The summed E-state index contributed by atoms with van der Waals surface area (Å²) < 4.78 is 0. The highest BCUT2D eigenvalue weighted by molar-refractivity contribution is 6.15. The Hall–Kier alpha value is -2.10. The molecule has 2 aliphatic heterocycles.